The van der Waals surface area contributed by atoms with E-state index in [1.807, 2.05) is 37.3 Å². The zero-order chi connectivity index (χ0) is 21.1. The Balaban J connectivity index is 0.00000272. The molecule has 0 fully saturated rings. The second-order valence-electron chi connectivity index (χ2n) is 7.24. The first-order valence-electron chi connectivity index (χ1n) is 9.84. The highest BCUT2D eigenvalue weighted by atomic mass is 16.5. The van der Waals surface area contributed by atoms with Crippen LogP contribution in [0.4, 0.5) is 0 Å². The summed E-state index contributed by atoms with van der Waals surface area (Å²) in [5.74, 6) is 0.449. The van der Waals surface area contributed by atoms with Crippen LogP contribution in [0.25, 0.3) is 11.1 Å². The number of pyridine rings is 1. The molecule has 2 aromatic carbocycles. The molecule has 0 saturated heterocycles. The van der Waals surface area contributed by atoms with Gasteiger partial charge >= 0.3 is 0 Å². The van der Waals surface area contributed by atoms with Gasteiger partial charge in [0.2, 0.25) is 0 Å². The summed E-state index contributed by atoms with van der Waals surface area (Å²) in [6.45, 7) is 3.02. The van der Waals surface area contributed by atoms with Gasteiger partial charge in [-0.3, -0.25) is 14.8 Å². The Bertz CT molecular complexity index is 1120. The topological polar surface area (TPSA) is 89.6 Å². The summed E-state index contributed by atoms with van der Waals surface area (Å²) < 4.78 is 5.27. The van der Waals surface area contributed by atoms with Gasteiger partial charge in [-0.15, -0.1) is 0 Å². The van der Waals surface area contributed by atoms with Gasteiger partial charge in [-0.25, -0.2) is 0 Å². The maximum atomic E-state index is 12.9. The zero-order valence-corrected chi connectivity index (χ0v) is 17.1. The highest BCUT2D eigenvalue weighted by Crippen LogP contribution is 2.27. The minimum absolute atomic E-state index is 0. The van der Waals surface area contributed by atoms with Gasteiger partial charge in [0.1, 0.15) is 11.4 Å². The number of nitrogens with zero attached hydrogens (tertiary/aromatic N) is 2. The van der Waals surface area contributed by atoms with Gasteiger partial charge < -0.3 is 15.8 Å². The number of benzene rings is 2. The largest absolute Gasteiger partial charge is 0.497 e. The number of methoxy groups -OCH3 is 1. The van der Waals surface area contributed by atoms with Gasteiger partial charge in [-0.2, -0.15) is 0 Å². The summed E-state index contributed by atoms with van der Waals surface area (Å²) in [6.07, 6.45) is 1.65. The van der Waals surface area contributed by atoms with Gasteiger partial charge in [0.05, 0.1) is 19.7 Å². The lowest BCUT2D eigenvalue weighted by molar-refractivity contribution is 0.0932. The Hall–Kier alpha value is -3.51. The van der Waals surface area contributed by atoms with Crippen LogP contribution in [0.5, 0.6) is 5.75 Å². The van der Waals surface area contributed by atoms with Crippen molar-refractivity contribution in [3.8, 4) is 16.9 Å². The first-order chi connectivity index (χ1) is 14.6. The Morgan fingerprint density at radius 2 is 1.97 bits per heavy atom. The van der Waals surface area contributed by atoms with E-state index in [2.05, 4.69) is 33.5 Å². The number of carbonyl (C=O) groups is 1. The molecule has 0 saturated carbocycles. The molecule has 160 valence electrons. The first-order valence-corrected chi connectivity index (χ1v) is 9.84. The van der Waals surface area contributed by atoms with Crippen molar-refractivity contribution in [1.82, 2.24) is 10.3 Å². The summed E-state index contributed by atoms with van der Waals surface area (Å²) in [5.41, 5.74) is 12.6. The van der Waals surface area contributed by atoms with Crippen LogP contribution in [0.3, 0.4) is 0 Å². The molecule has 3 aromatic rings. The quantitative estimate of drug-likeness (QED) is 0.632. The van der Waals surface area contributed by atoms with E-state index >= 15 is 0 Å². The molecule has 1 atom stereocenters. The normalized spacial score (nSPS) is 12.9. The van der Waals surface area contributed by atoms with E-state index in [4.69, 9.17) is 10.5 Å². The van der Waals surface area contributed by atoms with Gasteiger partial charge in [0.15, 0.2) is 0 Å². The third-order valence-corrected chi connectivity index (χ3v) is 5.35. The number of nitrogens with one attached hydrogen (secondary N) is 1. The predicted molar refractivity (Wildman–Crippen MR) is 125 cm³/mol. The smallest absolute Gasteiger partial charge is 0.270 e. The maximum absolute atomic E-state index is 12.9. The highest BCUT2D eigenvalue weighted by molar-refractivity contribution is 6.03. The molecule has 6 heteroatoms. The third-order valence-electron chi connectivity index (χ3n) is 5.35. The number of nitrogens with two attached hydrogens (primary N) is 1. The summed E-state index contributed by atoms with van der Waals surface area (Å²) in [4.78, 5) is 21.6. The van der Waals surface area contributed by atoms with E-state index in [9.17, 15) is 4.79 Å². The Kier molecular flexibility index (Phi) is 6.82. The molecule has 6 nitrogen and oxygen atoms in total. The van der Waals surface area contributed by atoms with E-state index in [1.165, 1.54) is 5.56 Å². The minimum atomic E-state index is -0.336. The molecule has 1 amide bonds. The number of aromatic nitrogens is 1. The van der Waals surface area contributed by atoms with Crippen LogP contribution < -0.4 is 15.8 Å². The van der Waals surface area contributed by atoms with E-state index in [0.717, 1.165) is 40.3 Å². The monoisotopic (exact) mass is 416 g/mol. The molecule has 1 aliphatic heterocycles. The molecule has 3 N–H and O–H groups in total. The van der Waals surface area contributed by atoms with Gasteiger partial charge in [0, 0.05) is 24.0 Å². The van der Waals surface area contributed by atoms with E-state index in [-0.39, 0.29) is 25.9 Å². The SMILES string of the molecule is C.COc1cccc(C(CN)NC(=O)c2cc(-c3ccc4c(c3)C(C)=NC4)ccn2)c1. The summed E-state index contributed by atoms with van der Waals surface area (Å²) in [6, 6.07) is 17.2. The summed E-state index contributed by atoms with van der Waals surface area (Å²) in [5, 5.41) is 2.98. The van der Waals surface area contributed by atoms with Gasteiger partial charge in [-0.1, -0.05) is 31.7 Å². The number of hydrogen-bond acceptors (Lipinski definition) is 5. The predicted octanol–water partition coefficient (Wildman–Crippen LogP) is 4.15. The van der Waals surface area contributed by atoms with Gasteiger partial charge in [-0.05, 0) is 59.5 Å². The van der Waals surface area contributed by atoms with Crippen molar-refractivity contribution in [1.29, 1.82) is 0 Å². The number of carbonyl (C=O) groups excluding carboxylic acids is 1. The molecular formula is C25H28N4O2. The minimum Gasteiger partial charge on any atom is -0.497 e. The van der Waals surface area contributed by atoms with Crippen molar-refractivity contribution in [2.24, 2.45) is 10.7 Å². The molecule has 2 heterocycles. The van der Waals surface area contributed by atoms with Crippen LogP contribution in [-0.4, -0.2) is 30.3 Å². The molecule has 0 radical (unpaired) electrons. The van der Waals surface area contributed by atoms with Crippen LogP contribution in [0.15, 0.2) is 65.8 Å². The lowest BCUT2D eigenvalue weighted by Crippen LogP contribution is -2.33. The fourth-order valence-electron chi connectivity index (χ4n) is 3.62. The van der Waals surface area contributed by atoms with Crippen LogP contribution >= 0.6 is 0 Å². The molecular weight excluding hydrogens is 388 g/mol. The van der Waals surface area contributed by atoms with Crippen molar-refractivity contribution in [3.63, 3.8) is 0 Å². The second kappa shape index (κ2) is 9.53. The highest BCUT2D eigenvalue weighted by Gasteiger charge is 2.17. The summed E-state index contributed by atoms with van der Waals surface area (Å²) in [7, 11) is 1.61. The summed E-state index contributed by atoms with van der Waals surface area (Å²) >= 11 is 0. The van der Waals surface area contributed by atoms with Crippen LogP contribution in [0.2, 0.25) is 0 Å². The average Bonchev–Trinajstić information content (AvgIpc) is 3.17. The fraction of sp³-hybridized carbons (Fsp3) is 0.240. The van der Waals surface area contributed by atoms with Crippen molar-refractivity contribution in [2.75, 3.05) is 13.7 Å². The molecule has 31 heavy (non-hydrogen) atoms. The standard InChI is InChI=1S/C24H24N4O2.CH4/c1-15-21-11-16(6-7-19(21)14-27-15)17-8-9-26-22(12-17)24(29)28-23(13-25)18-4-3-5-20(10-18)30-2;/h3-12,23H,13-14,25H2,1-2H3,(H,28,29);1H4. The number of ether oxygens (including phenoxy) is 1. The van der Waals surface area contributed by atoms with E-state index in [0.29, 0.717) is 5.69 Å². The van der Waals surface area contributed by atoms with Crippen molar-refractivity contribution < 1.29 is 9.53 Å². The van der Waals surface area contributed by atoms with Crippen molar-refractivity contribution in [2.45, 2.75) is 26.9 Å². The Morgan fingerprint density at radius 3 is 2.74 bits per heavy atom. The fourth-order valence-corrected chi connectivity index (χ4v) is 3.62. The Morgan fingerprint density at radius 1 is 1.16 bits per heavy atom. The first kappa shape index (κ1) is 22.2. The average molecular weight is 417 g/mol. The van der Waals surface area contributed by atoms with Crippen molar-refractivity contribution >= 4 is 11.6 Å². The number of hydrogen-bond donors (Lipinski definition) is 2. The van der Waals surface area contributed by atoms with E-state index < -0.39 is 0 Å². The van der Waals surface area contributed by atoms with Crippen LogP contribution in [0.1, 0.15) is 47.6 Å². The zero-order valence-electron chi connectivity index (χ0n) is 17.1. The maximum Gasteiger partial charge on any atom is 0.270 e. The van der Waals surface area contributed by atoms with Gasteiger partial charge in [0.25, 0.3) is 5.91 Å². The lowest BCUT2D eigenvalue weighted by Gasteiger charge is -2.18. The molecule has 0 bridgehead atoms. The van der Waals surface area contributed by atoms with E-state index in [1.54, 1.807) is 19.4 Å². The number of fused-ring (bicyclic) bond motifs is 1. The molecule has 1 aliphatic rings. The third kappa shape index (κ3) is 4.64. The van der Waals surface area contributed by atoms with Crippen molar-refractivity contribution in [3.05, 3.63) is 83.2 Å². The molecule has 4 rings (SSSR count). The van der Waals surface area contributed by atoms with Crippen LogP contribution in [0, 0.1) is 0 Å². The number of aliphatic imine (C=N–C) groups is 1. The molecule has 1 unspecified atom stereocenters. The number of amides is 1. The molecule has 0 spiro atoms. The Labute approximate surface area is 183 Å². The molecule has 1 aromatic heterocycles. The number of rotatable bonds is 6. The van der Waals surface area contributed by atoms with Crippen LogP contribution in [-0.2, 0) is 6.54 Å². The lowest BCUT2D eigenvalue weighted by atomic mass is 9.98. The molecule has 0 aliphatic carbocycles. The second-order valence-corrected chi connectivity index (χ2v) is 7.24.